The Balaban J connectivity index is 2.04. The van der Waals surface area contributed by atoms with Crippen molar-refractivity contribution in [2.75, 3.05) is 5.32 Å². The van der Waals surface area contributed by atoms with E-state index in [4.69, 9.17) is 0 Å². The molecule has 0 aliphatic carbocycles. The van der Waals surface area contributed by atoms with Gasteiger partial charge < -0.3 is 9.88 Å². The lowest BCUT2D eigenvalue weighted by Gasteiger charge is -2.10. The number of benzene rings is 2. The Morgan fingerprint density at radius 2 is 1.87 bits per heavy atom. The minimum absolute atomic E-state index is 0.105. The summed E-state index contributed by atoms with van der Waals surface area (Å²) in [5.41, 5.74) is 3.52. The average Bonchev–Trinajstić information content (AvgIpc) is 2.53. The Kier molecular flexibility index (Phi) is 3.70. The minimum Gasteiger partial charge on any atom is -0.320 e. The van der Waals surface area contributed by atoms with Crippen LogP contribution in [0.15, 0.2) is 47.3 Å². The molecule has 23 heavy (non-hydrogen) atoms. The fourth-order valence-corrected chi connectivity index (χ4v) is 2.56. The molecule has 1 amide bonds. The summed E-state index contributed by atoms with van der Waals surface area (Å²) in [6.07, 6.45) is 0. The first kappa shape index (κ1) is 15.0. The van der Waals surface area contributed by atoms with Crippen molar-refractivity contribution in [3.05, 3.63) is 69.6 Å². The molecule has 0 bridgehead atoms. The fraction of sp³-hybridized carbons (Fsp3) is 0.167. The van der Waals surface area contributed by atoms with Crippen LogP contribution in [0.4, 0.5) is 5.69 Å². The second-order valence-corrected chi connectivity index (χ2v) is 5.59. The van der Waals surface area contributed by atoms with Crippen LogP contribution in [0.3, 0.4) is 0 Å². The Bertz CT molecular complexity index is 974. The molecule has 1 heterocycles. The largest absolute Gasteiger partial charge is 0.320 e. The van der Waals surface area contributed by atoms with Gasteiger partial charge in [0.1, 0.15) is 0 Å². The van der Waals surface area contributed by atoms with Crippen molar-refractivity contribution in [2.24, 2.45) is 7.05 Å². The van der Waals surface area contributed by atoms with Gasteiger partial charge in [-0.3, -0.25) is 9.59 Å². The normalized spacial score (nSPS) is 10.7. The van der Waals surface area contributed by atoms with Crippen molar-refractivity contribution >= 4 is 22.6 Å². The molecule has 3 aromatic rings. The standard InChI is InChI=1S/C18H17N3O2/c1-11-8-9-13(12(2)10-11)20-17(22)16-18(23)21(3)15-7-5-4-6-14(15)19-16/h4-10H,1-3H3,(H,20,22). The molecule has 0 aliphatic rings. The first-order chi connectivity index (χ1) is 11.0. The molecule has 0 atom stereocenters. The van der Waals surface area contributed by atoms with Gasteiger partial charge in [-0.1, -0.05) is 29.8 Å². The van der Waals surface area contributed by atoms with Crippen LogP contribution in [-0.4, -0.2) is 15.5 Å². The number of aromatic nitrogens is 2. The molecule has 3 rings (SSSR count). The highest BCUT2D eigenvalue weighted by atomic mass is 16.2. The number of nitrogens with zero attached hydrogens (tertiary/aromatic N) is 2. The summed E-state index contributed by atoms with van der Waals surface area (Å²) in [7, 11) is 1.64. The SMILES string of the molecule is Cc1ccc(NC(=O)c2nc3ccccc3n(C)c2=O)c(C)c1. The molecule has 0 spiro atoms. The summed E-state index contributed by atoms with van der Waals surface area (Å²) in [5, 5.41) is 2.77. The van der Waals surface area contributed by atoms with E-state index in [0.29, 0.717) is 16.7 Å². The second kappa shape index (κ2) is 5.68. The van der Waals surface area contributed by atoms with Crippen LogP contribution in [0.5, 0.6) is 0 Å². The molecular formula is C18H17N3O2. The van der Waals surface area contributed by atoms with Gasteiger partial charge in [-0.05, 0) is 37.6 Å². The highest BCUT2D eigenvalue weighted by Gasteiger charge is 2.16. The highest BCUT2D eigenvalue weighted by Crippen LogP contribution is 2.17. The van der Waals surface area contributed by atoms with Gasteiger partial charge in [0.15, 0.2) is 5.69 Å². The predicted molar refractivity (Wildman–Crippen MR) is 90.9 cm³/mol. The summed E-state index contributed by atoms with van der Waals surface area (Å²) >= 11 is 0. The van der Waals surface area contributed by atoms with E-state index in [-0.39, 0.29) is 5.69 Å². The number of nitrogens with one attached hydrogen (secondary N) is 1. The molecular weight excluding hydrogens is 290 g/mol. The zero-order chi connectivity index (χ0) is 16.6. The second-order valence-electron chi connectivity index (χ2n) is 5.59. The van der Waals surface area contributed by atoms with E-state index in [2.05, 4.69) is 10.3 Å². The fourth-order valence-electron chi connectivity index (χ4n) is 2.56. The summed E-state index contributed by atoms with van der Waals surface area (Å²) in [5.74, 6) is -0.497. The monoisotopic (exact) mass is 307 g/mol. The van der Waals surface area contributed by atoms with Gasteiger partial charge in [0.05, 0.1) is 11.0 Å². The number of amides is 1. The van der Waals surface area contributed by atoms with E-state index in [1.54, 1.807) is 19.2 Å². The lowest BCUT2D eigenvalue weighted by molar-refractivity contribution is 0.102. The summed E-state index contributed by atoms with van der Waals surface area (Å²) in [4.78, 5) is 29.1. The number of carbonyl (C=O) groups excluding carboxylic acids is 1. The van der Waals surface area contributed by atoms with Crippen molar-refractivity contribution < 1.29 is 4.79 Å². The quantitative estimate of drug-likeness (QED) is 0.792. The van der Waals surface area contributed by atoms with Crippen molar-refractivity contribution in [1.29, 1.82) is 0 Å². The Hall–Kier alpha value is -2.95. The third kappa shape index (κ3) is 2.73. The molecule has 2 aromatic carbocycles. The van der Waals surface area contributed by atoms with Gasteiger partial charge in [-0.25, -0.2) is 4.98 Å². The maximum Gasteiger partial charge on any atom is 0.282 e. The summed E-state index contributed by atoms with van der Waals surface area (Å²) < 4.78 is 1.44. The van der Waals surface area contributed by atoms with Gasteiger partial charge in [0, 0.05) is 12.7 Å². The van der Waals surface area contributed by atoms with Crippen molar-refractivity contribution in [3.8, 4) is 0 Å². The van der Waals surface area contributed by atoms with E-state index >= 15 is 0 Å². The van der Waals surface area contributed by atoms with E-state index in [9.17, 15) is 9.59 Å². The molecule has 0 fully saturated rings. The molecule has 5 nitrogen and oxygen atoms in total. The third-order valence-corrected chi connectivity index (χ3v) is 3.83. The van der Waals surface area contributed by atoms with Crippen LogP contribution in [0, 0.1) is 13.8 Å². The van der Waals surface area contributed by atoms with Crippen LogP contribution in [0.25, 0.3) is 11.0 Å². The first-order valence-electron chi connectivity index (χ1n) is 7.32. The number of aryl methyl sites for hydroxylation is 3. The van der Waals surface area contributed by atoms with Crippen molar-refractivity contribution in [3.63, 3.8) is 0 Å². The number of hydrogen-bond donors (Lipinski definition) is 1. The minimum atomic E-state index is -0.497. The van der Waals surface area contributed by atoms with Crippen LogP contribution < -0.4 is 10.9 Å². The van der Waals surface area contributed by atoms with E-state index in [0.717, 1.165) is 11.1 Å². The van der Waals surface area contributed by atoms with Crippen LogP contribution in [0.2, 0.25) is 0 Å². The molecule has 1 aromatic heterocycles. The smallest absolute Gasteiger partial charge is 0.282 e. The average molecular weight is 307 g/mol. The van der Waals surface area contributed by atoms with Crippen LogP contribution >= 0.6 is 0 Å². The van der Waals surface area contributed by atoms with Gasteiger partial charge in [-0.2, -0.15) is 0 Å². The van der Waals surface area contributed by atoms with E-state index in [1.807, 2.05) is 44.2 Å². The maximum atomic E-state index is 12.5. The van der Waals surface area contributed by atoms with E-state index < -0.39 is 11.5 Å². The zero-order valence-electron chi connectivity index (χ0n) is 13.3. The van der Waals surface area contributed by atoms with Gasteiger partial charge in [0.25, 0.3) is 11.5 Å². The summed E-state index contributed by atoms with van der Waals surface area (Å²) in [6.45, 7) is 3.90. The molecule has 5 heteroatoms. The van der Waals surface area contributed by atoms with Gasteiger partial charge in [-0.15, -0.1) is 0 Å². The molecule has 0 saturated heterocycles. The molecule has 116 valence electrons. The van der Waals surface area contributed by atoms with Crippen LogP contribution in [0.1, 0.15) is 21.6 Å². The van der Waals surface area contributed by atoms with Crippen molar-refractivity contribution in [2.45, 2.75) is 13.8 Å². The summed E-state index contributed by atoms with van der Waals surface area (Å²) in [6, 6.07) is 13.0. The first-order valence-corrected chi connectivity index (χ1v) is 7.32. The van der Waals surface area contributed by atoms with Gasteiger partial charge in [0.2, 0.25) is 0 Å². The maximum absolute atomic E-state index is 12.5. The molecule has 0 saturated carbocycles. The number of fused-ring (bicyclic) bond motifs is 1. The van der Waals surface area contributed by atoms with Crippen molar-refractivity contribution in [1.82, 2.24) is 9.55 Å². The molecule has 0 aliphatic heterocycles. The van der Waals surface area contributed by atoms with Crippen LogP contribution in [-0.2, 0) is 7.05 Å². The number of carbonyl (C=O) groups is 1. The Morgan fingerprint density at radius 3 is 2.61 bits per heavy atom. The number of hydrogen-bond acceptors (Lipinski definition) is 3. The molecule has 0 radical (unpaired) electrons. The third-order valence-electron chi connectivity index (χ3n) is 3.83. The number of rotatable bonds is 2. The number of para-hydroxylation sites is 2. The lowest BCUT2D eigenvalue weighted by Crippen LogP contribution is -2.30. The Labute approximate surface area is 133 Å². The Morgan fingerprint density at radius 1 is 1.13 bits per heavy atom. The molecule has 0 unspecified atom stereocenters. The topological polar surface area (TPSA) is 64.0 Å². The highest BCUT2D eigenvalue weighted by molar-refractivity contribution is 6.03. The number of anilines is 1. The predicted octanol–water partition coefficient (Wildman–Crippen LogP) is 2.80. The zero-order valence-corrected chi connectivity index (χ0v) is 13.3. The van der Waals surface area contributed by atoms with Gasteiger partial charge >= 0.3 is 0 Å². The van der Waals surface area contributed by atoms with E-state index in [1.165, 1.54) is 4.57 Å². The molecule has 1 N–H and O–H groups in total. The lowest BCUT2D eigenvalue weighted by atomic mass is 10.1.